The zero-order chi connectivity index (χ0) is 51.0. The van der Waals surface area contributed by atoms with Crippen LogP contribution in [0.2, 0.25) is 0 Å². The zero-order valence-corrected chi connectivity index (χ0v) is 36.2. The van der Waals surface area contributed by atoms with Gasteiger partial charge in [-0.25, -0.2) is 28.9 Å². The van der Waals surface area contributed by atoms with Gasteiger partial charge in [0.1, 0.15) is 24.3 Å². The first-order chi connectivity index (χ1) is 33.2. The van der Waals surface area contributed by atoms with Crippen molar-refractivity contribution < 1.29 is 46.8 Å². The summed E-state index contributed by atoms with van der Waals surface area (Å²) in [6.07, 6.45) is -12.1. The van der Waals surface area contributed by atoms with E-state index >= 15 is 0 Å². The summed E-state index contributed by atoms with van der Waals surface area (Å²) in [5.74, 6) is -0.158. The number of aliphatic hydroxyl groups is 4. The molecule has 0 spiro atoms. The second kappa shape index (κ2) is 19.1. The number of benzene rings is 4. The van der Waals surface area contributed by atoms with Crippen LogP contribution >= 0.6 is 0 Å². The molecule has 2 aliphatic rings. The van der Waals surface area contributed by atoms with Crippen molar-refractivity contribution in [1.29, 1.82) is 21.0 Å². The van der Waals surface area contributed by atoms with E-state index in [-0.39, 0.29) is 79.2 Å². The van der Waals surface area contributed by atoms with E-state index in [1.807, 2.05) is 24.3 Å². The minimum atomic E-state index is -4.62. The van der Waals surface area contributed by atoms with Crippen LogP contribution in [0.25, 0.3) is 0 Å². The summed E-state index contributed by atoms with van der Waals surface area (Å²) >= 11 is 0. The molecule has 6 N–H and O–H groups in total. The van der Waals surface area contributed by atoms with E-state index in [2.05, 4.69) is 20.4 Å². The summed E-state index contributed by atoms with van der Waals surface area (Å²) in [4.78, 5) is 28.2. The second-order valence-electron chi connectivity index (χ2n) is 15.5. The topological polar surface area (TPSA) is 284 Å². The first-order valence-electron chi connectivity index (χ1n) is 20.4. The number of alkyl halides is 6. The summed E-state index contributed by atoms with van der Waals surface area (Å²) in [5, 5.41) is 91.0. The second-order valence-corrected chi connectivity index (χ2v) is 15.5. The fourth-order valence-corrected chi connectivity index (χ4v) is 8.26. The van der Waals surface area contributed by atoms with E-state index in [1.54, 1.807) is 0 Å². The number of halogens is 6. The van der Waals surface area contributed by atoms with Crippen molar-refractivity contribution in [3.8, 4) is 24.3 Å². The van der Waals surface area contributed by atoms with Crippen LogP contribution in [0.5, 0.6) is 0 Å². The molecule has 18 nitrogen and oxygen atoms in total. The lowest BCUT2D eigenvalue weighted by Gasteiger charge is -2.35. The van der Waals surface area contributed by atoms with Gasteiger partial charge in [-0.05, 0) is 96.8 Å². The highest BCUT2D eigenvalue weighted by atomic mass is 19.4. The van der Waals surface area contributed by atoms with Crippen LogP contribution in [0, 0.1) is 45.3 Å². The summed E-state index contributed by atoms with van der Waals surface area (Å²) in [5.41, 5.74) is -1.82. The predicted molar refractivity (Wildman–Crippen MR) is 232 cm³/mol. The number of allylic oxidation sites excluding steroid dienone is 4. The molecule has 0 fully saturated rings. The van der Waals surface area contributed by atoms with Crippen LogP contribution < -0.4 is 21.2 Å². The molecule has 8 rings (SSSR count). The van der Waals surface area contributed by atoms with Gasteiger partial charge in [-0.1, -0.05) is 24.3 Å². The number of nitriles is 4. The lowest BCUT2D eigenvalue weighted by molar-refractivity contribution is -0.138. The molecule has 6 aromatic rings. The van der Waals surface area contributed by atoms with Gasteiger partial charge in [-0.15, -0.1) is 10.2 Å². The van der Waals surface area contributed by atoms with Gasteiger partial charge >= 0.3 is 23.7 Å². The van der Waals surface area contributed by atoms with Crippen LogP contribution in [0.1, 0.15) is 82.6 Å². The molecule has 0 saturated heterocycles. The highest BCUT2D eigenvalue weighted by molar-refractivity contribution is 5.70. The van der Waals surface area contributed by atoms with E-state index in [1.165, 1.54) is 84.3 Å². The van der Waals surface area contributed by atoms with Crippen LogP contribution in [-0.4, -0.2) is 63.2 Å². The molecule has 0 aliphatic carbocycles. The Kier molecular flexibility index (Phi) is 13.4. The Balaban J connectivity index is 0.000000206. The van der Waals surface area contributed by atoms with E-state index < -0.39 is 72.4 Å². The minimum Gasteiger partial charge on any atom is -0.393 e. The molecular formula is C46H34F6N12O6. The minimum absolute atomic E-state index is 0.00508. The normalized spacial score (nSPS) is 16.5. The van der Waals surface area contributed by atoms with E-state index in [9.17, 15) is 77.4 Å². The smallest absolute Gasteiger partial charge is 0.393 e. The van der Waals surface area contributed by atoms with Crippen molar-refractivity contribution in [2.24, 2.45) is 0 Å². The maximum Gasteiger partial charge on any atom is 0.416 e. The SMILES string of the molecule is CC1=C(C#N)[C@@H](c2ccc(C#N)cc2C(O)CO)n2c(n[nH]c2=O)N1c1cccc(C(F)(F)F)c1.CC1=C(C#N)[C@@H](c2ccc(C#N)cc2C(O)CO)n2c(n[nH]c2=O)N1c1cccc(C(F)(F)F)c1. The molecule has 4 heterocycles. The summed E-state index contributed by atoms with van der Waals surface area (Å²) in [7, 11) is 0. The molecule has 70 heavy (non-hydrogen) atoms. The maximum atomic E-state index is 13.3. The number of hydrogen-bond acceptors (Lipinski definition) is 14. The average molecular weight is 965 g/mol. The molecule has 0 radical (unpaired) electrons. The Hall–Kier alpha value is -8.78. The molecule has 2 aliphatic heterocycles. The summed E-state index contributed by atoms with van der Waals surface area (Å²) < 4.78 is 82.3. The largest absolute Gasteiger partial charge is 0.416 e. The molecule has 356 valence electrons. The summed E-state index contributed by atoms with van der Waals surface area (Å²) in [6.45, 7) is 1.62. The molecule has 4 aromatic carbocycles. The Morgan fingerprint density at radius 1 is 0.600 bits per heavy atom. The number of anilines is 4. The van der Waals surface area contributed by atoms with Gasteiger partial charge in [0, 0.05) is 22.8 Å². The number of hydrogen-bond donors (Lipinski definition) is 6. The van der Waals surface area contributed by atoms with Crippen LogP contribution in [0.15, 0.2) is 117 Å². The highest BCUT2D eigenvalue weighted by Gasteiger charge is 2.41. The number of nitrogens with one attached hydrogen (secondary N) is 2. The average Bonchev–Trinajstić information content (AvgIpc) is 3.92. The Bertz CT molecular complexity index is 3170. The molecule has 0 saturated carbocycles. The zero-order valence-electron chi connectivity index (χ0n) is 36.2. The Morgan fingerprint density at radius 2 is 0.971 bits per heavy atom. The Morgan fingerprint density at radius 3 is 1.29 bits per heavy atom. The number of aliphatic hydroxyl groups excluding tert-OH is 4. The molecule has 4 atom stereocenters. The lowest BCUT2D eigenvalue weighted by Crippen LogP contribution is -2.35. The Labute approximate surface area is 390 Å². The number of rotatable bonds is 8. The fourth-order valence-electron chi connectivity index (χ4n) is 8.26. The standard InChI is InChI=1S/2C23H17F3N6O3/c2*1-12-18(10-28)20(16-6-5-13(9-27)7-17(16)19(34)11-33)32-21(29-30-22(32)35)31(12)15-4-2-3-14(8-15)23(24,25)26/h2*2-8,19-20,33-34H,11H2,1H3,(H,30,35)/t2*19?,20-/m11/s1. The number of fused-ring (bicyclic) bond motifs is 2. The van der Waals surface area contributed by atoms with Crippen LogP contribution in [0.3, 0.4) is 0 Å². The monoisotopic (exact) mass is 964 g/mol. The van der Waals surface area contributed by atoms with E-state index in [0.29, 0.717) is 0 Å². The third-order valence-electron chi connectivity index (χ3n) is 11.5. The molecule has 2 unspecified atom stereocenters. The van der Waals surface area contributed by atoms with Gasteiger partial charge in [0.25, 0.3) is 0 Å². The first-order valence-corrected chi connectivity index (χ1v) is 20.4. The van der Waals surface area contributed by atoms with E-state index in [4.69, 9.17) is 0 Å². The number of aromatic nitrogens is 6. The highest BCUT2D eigenvalue weighted by Crippen LogP contribution is 2.46. The molecule has 0 amide bonds. The van der Waals surface area contributed by atoms with Crippen molar-refractivity contribution >= 4 is 23.3 Å². The van der Waals surface area contributed by atoms with Crippen molar-refractivity contribution in [1.82, 2.24) is 29.5 Å². The van der Waals surface area contributed by atoms with E-state index in [0.717, 1.165) is 33.4 Å². The molecular weight excluding hydrogens is 931 g/mol. The summed E-state index contributed by atoms with van der Waals surface area (Å²) in [6, 6.07) is 22.8. The fraction of sp³-hybridized carbons (Fsp3) is 0.217. The van der Waals surface area contributed by atoms with Crippen molar-refractivity contribution in [2.45, 2.75) is 50.5 Å². The quantitative estimate of drug-likeness (QED) is 0.0947. The molecule has 2 aromatic heterocycles. The number of nitrogens with zero attached hydrogens (tertiary/aromatic N) is 10. The lowest BCUT2D eigenvalue weighted by atomic mass is 9.89. The predicted octanol–water partition coefficient (Wildman–Crippen LogP) is 6.05. The van der Waals surface area contributed by atoms with Gasteiger partial charge in [0.15, 0.2) is 0 Å². The van der Waals surface area contributed by atoms with Gasteiger partial charge in [0.2, 0.25) is 11.9 Å². The number of aromatic amines is 2. The molecule has 24 heteroatoms. The van der Waals surface area contributed by atoms with Crippen LogP contribution in [0.4, 0.5) is 49.6 Å². The third kappa shape index (κ3) is 8.78. The first kappa shape index (κ1) is 49.1. The van der Waals surface area contributed by atoms with Gasteiger partial charge in [-0.3, -0.25) is 9.80 Å². The van der Waals surface area contributed by atoms with Gasteiger partial charge in [0.05, 0.1) is 70.9 Å². The van der Waals surface area contributed by atoms with Crippen molar-refractivity contribution in [3.63, 3.8) is 0 Å². The third-order valence-corrected chi connectivity index (χ3v) is 11.5. The van der Waals surface area contributed by atoms with Crippen LogP contribution in [-0.2, 0) is 12.4 Å². The van der Waals surface area contributed by atoms with Crippen molar-refractivity contribution in [2.75, 3.05) is 23.0 Å². The number of H-pyrrole nitrogens is 2. The van der Waals surface area contributed by atoms with Gasteiger partial charge in [-0.2, -0.15) is 47.4 Å². The maximum absolute atomic E-state index is 13.3. The van der Waals surface area contributed by atoms with Crippen molar-refractivity contribution in [3.05, 3.63) is 173 Å². The van der Waals surface area contributed by atoms with Gasteiger partial charge < -0.3 is 20.4 Å². The molecule has 0 bridgehead atoms.